The van der Waals surface area contributed by atoms with Gasteiger partial charge in [-0.15, -0.1) is 0 Å². The van der Waals surface area contributed by atoms with E-state index in [4.69, 9.17) is 14.2 Å². The maximum atomic E-state index is 9.67. The van der Waals surface area contributed by atoms with Crippen LogP contribution in [0.2, 0.25) is 0 Å². The van der Waals surface area contributed by atoms with E-state index in [-0.39, 0.29) is 0 Å². The second kappa shape index (κ2) is 11.8. The normalized spacial score (nSPS) is 13.9. The third kappa shape index (κ3) is 6.86. The molecule has 0 amide bonds. The molecule has 1 fully saturated rings. The summed E-state index contributed by atoms with van der Waals surface area (Å²) in [5.74, 6) is 1.37. The smallest absolute Gasteiger partial charge is 0.161 e. The Kier molecular flexibility index (Phi) is 7.99. The molecular formula is C28H28N2O3. The Morgan fingerprint density at radius 2 is 1.42 bits per heavy atom. The second-order valence-electron chi connectivity index (χ2n) is 7.92. The highest BCUT2D eigenvalue weighted by Crippen LogP contribution is 2.31. The van der Waals surface area contributed by atoms with E-state index in [0.29, 0.717) is 49.9 Å². The fourth-order valence-electron chi connectivity index (χ4n) is 3.63. The predicted molar refractivity (Wildman–Crippen MR) is 128 cm³/mol. The van der Waals surface area contributed by atoms with E-state index in [1.165, 1.54) is 0 Å². The number of ether oxygens (including phenoxy) is 3. The number of allylic oxidation sites excluding steroid dienone is 1. The lowest BCUT2D eigenvalue weighted by molar-refractivity contribution is 0.0591. The lowest BCUT2D eigenvalue weighted by atomic mass is 10.1. The van der Waals surface area contributed by atoms with Crippen LogP contribution in [0.4, 0.5) is 0 Å². The largest absolute Gasteiger partial charge is 0.485 e. The van der Waals surface area contributed by atoms with E-state index in [1.807, 2.05) is 85.1 Å². The highest BCUT2D eigenvalue weighted by molar-refractivity contribution is 5.45. The summed E-state index contributed by atoms with van der Waals surface area (Å²) in [6, 6.07) is 28.4. The molecule has 1 aliphatic rings. The minimum absolute atomic E-state index is 0.445. The monoisotopic (exact) mass is 440 g/mol. The van der Waals surface area contributed by atoms with E-state index in [1.54, 1.807) is 0 Å². The van der Waals surface area contributed by atoms with Gasteiger partial charge >= 0.3 is 0 Å². The fraction of sp³-hybridized carbons (Fsp3) is 0.250. The van der Waals surface area contributed by atoms with E-state index >= 15 is 0 Å². The van der Waals surface area contributed by atoms with Crippen molar-refractivity contribution in [2.75, 3.05) is 26.3 Å². The van der Waals surface area contributed by atoms with Gasteiger partial charge in [0.2, 0.25) is 0 Å². The quantitative estimate of drug-likeness (QED) is 0.432. The highest BCUT2D eigenvalue weighted by atomic mass is 16.5. The molecule has 168 valence electrons. The molecule has 1 saturated heterocycles. The first-order chi connectivity index (χ1) is 16.3. The van der Waals surface area contributed by atoms with Gasteiger partial charge in [-0.2, -0.15) is 5.26 Å². The van der Waals surface area contributed by atoms with Crippen LogP contribution in [0.3, 0.4) is 0 Å². The van der Waals surface area contributed by atoms with Gasteiger partial charge in [-0.1, -0.05) is 66.7 Å². The number of morpholine rings is 1. The van der Waals surface area contributed by atoms with Gasteiger partial charge in [0.05, 0.1) is 19.3 Å². The van der Waals surface area contributed by atoms with Gasteiger partial charge in [-0.05, 0) is 28.8 Å². The zero-order valence-electron chi connectivity index (χ0n) is 18.7. The Hall–Kier alpha value is -3.75. The summed E-state index contributed by atoms with van der Waals surface area (Å²) >= 11 is 0. The second-order valence-corrected chi connectivity index (χ2v) is 7.92. The molecule has 1 heterocycles. The Bertz CT molecular complexity index is 1090. The summed E-state index contributed by atoms with van der Waals surface area (Å²) in [7, 11) is 0. The molecule has 3 aromatic carbocycles. The first kappa shape index (κ1) is 22.4. The van der Waals surface area contributed by atoms with Gasteiger partial charge in [0, 0.05) is 31.3 Å². The summed E-state index contributed by atoms with van der Waals surface area (Å²) in [4.78, 5) is 2.15. The van der Waals surface area contributed by atoms with Crippen LogP contribution in [-0.2, 0) is 24.4 Å². The van der Waals surface area contributed by atoms with Crippen LogP contribution in [0, 0.1) is 11.3 Å². The van der Waals surface area contributed by atoms with Gasteiger partial charge in [0.1, 0.15) is 13.2 Å². The summed E-state index contributed by atoms with van der Waals surface area (Å²) < 4.78 is 17.7. The minimum Gasteiger partial charge on any atom is -0.485 e. The van der Waals surface area contributed by atoms with Crippen molar-refractivity contribution in [1.29, 1.82) is 5.26 Å². The topological polar surface area (TPSA) is 54.7 Å². The van der Waals surface area contributed by atoms with Crippen molar-refractivity contribution in [2.45, 2.75) is 19.6 Å². The van der Waals surface area contributed by atoms with Crippen molar-refractivity contribution in [2.24, 2.45) is 0 Å². The lowest BCUT2D eigenvalue weighted by Gasteiger charge is -2.25. The first-order valence-electron chi connectivity index (χ1n) is 11.2. The number of nitriles is 1. The van der Waals surface area contributed by atoms with Crippen molar-refractivity contribution >= 4 is 0 Å². The molecule has 0 atom stereocenters. The van der Waals surface area contributed by atoms with Gasteiger partial charge in [0.25, 0.3) is 0 Å². The van der Waals surface area contributed by atoms with Crippen molar-refractivity contribution < 1.29 is 14.2 Å². The summed E-state index contributed by atoms with van der Waals surface area (Å²) in [5.41, 5.74) is 3.90. The molecule has 0 spiro atoms. The molecule has 3 aromatic rings. The molecular weight excluding hydrogens is 412 g/mol. The third-order valence-corrected chi connectivity index (χ3v) is 5.40. The van der Waals surface area contributed by atoms with E-state index in [9.17, 15) is 5.26 Å². The van der Waals surface area contributed by atoms with Crippen LogP contribution in [-0.4, -0.2) is 31.2 Å². The van der Waals surface area contributed by atoms with E-state index in [2.05, 4.69) is 11.0 Å². The molecule has 33 heavy (non-hydrogen) atoms. The van der Waals surface area contributed by atoms with Crippen molar-refractivity contribution in [3.05, 3.63) is 107 Å². The molecule has 1 aliphatic heterocycles. The lowest BCUT2D eigenvalue weighted by Crippen LogP contribution is -2.32. The Balaban J connectivity index is 1.51. The zero-order chi connectivity index (χ0) is 22.7. The van der Waals surface area contributed by atoms with Gasteiger partial charge in [-0.25, -0.2) is 0 Å². The van der Waals surface area contributed by atoms with Crippen LogP contribution in [0.5, 0.6) is 11.5 Å². The number of benzene rings is 3. The number of hydrogen-bond donors (Lipinski definition) is 0. The fourth-order valence-corrected chi connectivity index (χ4v) is 3.63. The third-order valence-electron chi connectivity index (χ3n) is 5.40. The standard InChI is InChI=1S/C28H28N2O3/c29-19-26(20-30-13-15-31-16-14-30)17-25-11-12-27(32-21-23-7-3-1-4-8-23)28(18-25)33-22-24-9-5-2-6-10-24/h1-12,18,20H,13-17,21-22H2/b26-20-. The first-order valence-corrected chi connectivity index (χ1v) is 11.2. The van der Waals surface area contributed by atoms with Crippen molar-refractivity contribution in [3.63, 3.8) is 0 Å². The molecule has 5 nitrogen and oxygen atoms in total. The molecule has 0 radical (unpaired) electrons. The Labute approximate surface area is 195 Å². The maximum absolute atomic E-state index is 9.67. The molecule has 4 rings (SSSR count). The predicted octanol–water partition coefficient (Wildman–Crippen LogP) is 5.13. The molecule has 0 bridgehead atoms. The molecule has 0 N–H and O–H groups in total. The van der Waals surface area contributed by atoms with Gasteiger partial charge < -0.3 is 19.1 Å². The minimum atomic E-state index is 0.445. The van der Waals surface area contributed by atoms with Crippen LogP contribution < -0.4 is 9.47 Å². The van der Waals surface area contributed by atoms with Gasteiger partial charge in [0.15, 0.2) is 11.5 Å². The summed E-state index contributed by atoms with van der Waals surface area (Å²) in [6.45, 7) is 3.91. The SMILES string of the molecule is N#C/C(=C\N1CCOCC1)Cc1ccc(OCc2ccccc2)c(OCc2ccccc2)c1. The van der Waals surface area contributed by atoms with E-state index < -0.39 is 0 Å². The molecule has 5 heteroatoms. The Morgan fingerprint density at radius 1 is 0.818 bits per heavy atom. The molecule has 0 aliphatic carbocycles. The molecule has 0 unspecified atom stereocenters. The van der Waals surface area contributed by atoms with Gasteiger partial charge in [-0.3, -0.25) is 0 Å². The average Bonchev–Trinajstić information content (AvgIpc) is 2.88. The van der Waals surface area contributed by atoms with Crippen LogP contribution >= 0.6 is 0 Å². The van der Waals surface area contributed by atoms with Crippen LogP contribution in [0.25, 0.3) is 0 Å². The molecule has 0 aromatic heterocycles. The summed E-state index contributed by atoms with van der Waals surface area (Å²) in [5, 5.41) is 9.67. The van der Waals surface area contributed by atoms with Crippen LogP contribution in [0.15, 0.2) is 90.6 Å². The maximum Gasteiger partial charge on any atom is 0.161 e. The highest BCUT2D eigenvalue weighted by Gasteiger charge is 2.12. The van der Waals surface area contributed by atoms with E-state index in [0.717, 1.165) is 29.8 Å². The zero-order valence-corrected chi connectivity index (χ0v) is 18.7. The summed E-state index contributed by atoms with van der Waals surface area (Å²) in [6.07, 6.45) is 2.49. The Morgan fingerprint density at radius 3 is 2.03 bits per heavy atom. The number of nitrogens with zero attached hydrogens (tertiary/aromatic N) is 2. The van der Waals surface area contributed by atoms with Crippen LogP contribution in [0.1, 0.15) is 16.7 Å². The average molecular weight is 441 g/mol. The number of rotatable bonds is 9. The molecule has 0 saturated carbocycles. The number of hydrogen-bond acceptors (Lipinski definition) is 5. The van der Waals surface area contributed by atoms with Crippen molar-refractivity contribution in [3.8, 4) is 17.6 Å². The van der Waals surface area contributed by atoms with Crippen molar-refractivity contribution in [1.82, 2.24) is 4.90 Å².